The van der Waals surface area contributed by atoms with Crippen LogP contribution in [0.2, 0.25) is 0 Å². The van der Waals surface area contributed by atoms with Crippen LogP contribution in [0.25, 0.3) is 44.7 Å². The van der Waals surface area contributed by atoms with Gasteiger partial charge in [0, 0.05) is 16.3 Å². The maximum atomic E-state index is 6.30. The lowest BCUT2D eigenvalue weighted by molar-refractivity contribution is -0.653. The van der Waals surface area contributed by atoms with Crippen LogP contribution in [0.3, 0.4) is 0 Å². The third-order valence-electron chi connectivity index (χ3n) is 8.40. The molecule has 42 heavy (non-hydrogen) atoms. The largest absolute Gasteiger partial charge is 0.491 e. The summed E-state index contributed by atoms with van der Waals surface area (Å²) < 4.78 is 13.5. The van der Waals surface area contributed by atoms with Gasteiger partial charge in [-0.3, -0.25) is 0 Å². The van der Waals surface area contributed by atoms with Crippen molar-refractivity contribution in [3.8, 4) is 28.6 Å². The molecule has 0 aliphatic heterocycles. The summed E-state index contributed by atoms with van der Waals surface area (Å²) in [6, 6.07) is 30.6. The van der Waals surface area contributed by atoms with Crippen LogP contribution in [0.5, 0.6) is 5.75 Å². The molecule has 0 aliphatic carbocycles. The first kappa shape index (κ1) is 27.8. The molecule has 6 rings (SSSR count). The molecular formula is C38H42N3O+. The summed E-state index contributed by atoms with van der Waals surface area (Å²) in [5.74, 6) is 3.99. The van der Waals surface area contributed by atoms with Crippen LogP contribution in [0.4, 0.5) is 0 Å². The third kappa shape index (κ3) is 4.50. The van der Waals surface area contributed by atoms with Gasteiger partial charge in [-0.1, -0.05) is 82.3 Å². The zero-order valence-corrected chi connectivity index (χ0v) is 26.1. The standard InChI is InChI=1S/C38H42N3O/c1-24(2)29-18-14-19-30(25(3)4)36(29)38-39(8)35(23-40(38)28-15-10-9-11-16-28)41-33-20-13-12-17-31(33)32-21-22-34(42-26(5)6)27(7)37(32)41/h9-26H,1-8H3/q+1. The smallest absolute Gasteiger partial charge is 0.266 e. The van der Waals surface area contributed by atoms with Crippen LogP contribution in [0.1, 0.15) is 70.1 Å². The molecule has 4 aromatic carbocycles. The highest BCUT2D eigenvalue weighted by Gasteiger charge is 2.31. The van der Waals surface area contributed by atoms with Gasteiger partial charge >= 0.3 is 0 Å². The number of benzene rings is 4. The van der Waals surface area contributed by atoms with Gasteiger partial charge < -0.3 is 4.74 Å². The summed E-state index contributed by atoms with van der Waals surface area (Å²) >= 11 is 0. The first-order valence-corrected chi connectivity index (χ1v) is 15.2. The molecule has 0 spiro atoms. The van der Waals surface area contributed by atoms with Gasteiger partial charge in [-0.25, -0.2) is 13.7 Å². The molecule has 2 heterocycles. The van der Waals surface area contributed by atoms with Crippen LogP contribution < -0.4 is 9.30 Å². The first-order chi connectivity index (χ1) is 20.2. The Labute approximate surface area is 249 Å². The van der Waals surface area contributed by atoms with E-state index in [2.05, 4.69) is 160 Å². The van der Waals surface area contributed by atoms with E-state index in [1.165, 1.54) is 44.3 Å². The topological polar surface area (TPSA) is 23.0 Å². The Balaban J connectivity index is 1.77. The number of hydrogen-bond acceptors (Lipinski definition) is 1. The number of aromatic nitrogens is 3. The Morgan fingerprint density at radius 2 is 1.33 bits per heavy atom. The summed E-state index contributed by atoms with van der Waals surface area (Å²) in [7, 11) is 2.22. The fourth-order valence-corrected chi connectivity index (χ4v) is 6.45. The Morgan fingerprint density at radius 3 is 1.98 bits per heavy atom. The third-order valence-corrected chi connectivity index (χ3v) is 8.40. The van der Waals surface area contributed by atoms with Gasteiger partial charge in [0.1, 0.15) is 28.7 Å². The number of rotatable bonds is 7. The van der Waals surface area contributed by atoms with Crippen LogP contribution in [0, 0.1) is 6.92 Å². The van der Waals surface area contributed by atoms with E-state index < -0.39 is 0 Å². The molecule has 2 aromatic heterocycles. The van der Waals surface area contributed by atoms with E-state index in [0.717, 1.165) is 22.8 Å². The van der Waals surface area contributed by atoms with E-state index in [-0.39, 0.29) is 6.10 Å². The fraction of sp³-hybridized carbons (Fsp3) is 0.289. The highest BCUT2D eigenvalue weighted by molar-refractivity contribution is 6.10. The van der Waals surface area contributed by atoms with Crippen LogP contribution >= 0.6 is 0 Å². The van der Waals surface area contributed by atoms with E-state index in [9.17, 15) is 0 Å². The minimum absolute atomic E-state index is 0.0999. The summed E-state index contributed by atoms with van der Waals surface area (Å²) in [5.41, 5.74) is 8.71. The van der Waals surface area contributed by atoms with Crippen molar-refractivity contribution in [2.24, 2.45) is 7.05 Å². The second-order valence-corrected chi connectivity index (χ2v) is 12.3. The predicted molar refractivity (Wildman–Crippen MR) is 175 cm³/mol. The number of fused-ring (bicyclic) bond motifs is 3. The average molecular weight is 557 g/mol. The summed E-state index contributed by atoms with van der Waals surface area (Å²) in [6.07, 6.45) is 2.41. The minimum Gasteiger partial charge on any atom is -0.491 e. The van der Waals surface area contributed by atoms with Crippen molar-refractivity contribution in [3.63, 3.8) is 0 Å². The van der Waals surface area contributed by atoms with Crippen LogP contribution in [-0.4, -0.2) is 15.2 Å². The summed E-state index contributed by atoms with van der Waals surface area (Å²) in [5, 5.41) is 2.48. The molecule has 4 nitrogen and oxygen atoms in total. The summed E-state index contributed by atoms with van der Waals surface area (Å²) in [6.45, 7) is 15.6. The molecule has 214 valence electrons. The van der Waals surface area contributed by atoms with E-state index in [4.69, 9.17) is 4.74 Å². The molecule has 0 unspecified atom stereocenters. The molecule has 0 radical (unpaired) electrons. The molecule has 0 fully saturated rings. The molecule has 0 saturated carbocycles. The van der Waals surface area contributed by atoms with Crippen LogP contribution in [-0.2, 0) is 7.05 Å². The molecule has 4 heteroatoms. The number of aryl methyl sites for hydroxylation is 1. The Hall–Kier alpha value is -4.31. The van der Waals surface area contributed by atoms with Gasteiger partial charge in [-0.2, -0.15) is 0 Å². The SMILES string of the molecule is Cc1c(OC(C)C)ccc2c3ccccc3n(-c3cn(-c4ccccc4)c(-c4c(C(C)C)cccc4C(C)C)[n+]3C)c12. The fourth-order valence-electron chi connectivity index (χ4n) is 6.45. The zero-order chi connectivity index (χ0) is 29.7. The molecule has 0 N–H and O–H groups in total. The maximum Gasteiger partial charge on any atom is 0.266 e. The van der Waals surface area contributed by atoms with E-state index in [1.807, 2.05) is 0 Å². The van der Waals surface area contributed by atoms with Crippen molar-refractivity contribution in [1.29, 1.82) is 0 Å². The van der Waals surface area contributed by atoms with Gasteiger partial charge in [0.15, 0.2) is 0 Å². The normalized spacial score (nSPS) is 12.0. The molecule has 0 bridgehead atoms. The van der Waals surface area contributed by atoms with Gasteiger partial charge in [0.2, 0.25) is 5.82 Å². The molecule has 0 aliphatic rings. The van der Waals surface area contributed by atoms with Crippen molar-refractivity contribution >= 4 is 21.8 Å². The van der Waals surface area contributed by atoms with Crippen molar-refractivity contribution < 1.29 is 9.30 Å². The van der Waals surface area contributed by atoms with Gasteiger partial charge in [-0.05, 0) is 74.1 Å². The Bertz CT molecular complexity index is 1880. The van der Waals surface area contributed by atoms with Gasteiger partial charge in [-0.15, -0.1) is 0 Å². The van der Waals surface area contributed by atoms with Crippen molar-refractivity contribution in [1.82, 2.24) is 9.13 Å². The van der Waals surface area contributed by atoms with E-state index in [1.54, 1.807) is 0 Å². The van der Waals surface area contributed by atoms with Crippen molar-refractivity contribution in [2.75, 3.05) is 0 Å². The Kier molecular flexibility index (Phi) is 7.18. The lowest BCUT2D eigenvalue weighted by Gasteiger charge is -2.19. The highest BCUT2D eigenvalue weighted by atomic mass is 16.5. The Morgan fingerprint density at radius 1 is 0.690 bits per heavy atom. The highest BCUT2D eigenvalue weighted by Crippen LogP contribution is 2.40. The minimum atomic E-state index is 0.0999. The summed E-state index contributed by atoms with van der Waals surface area (Å²) in [4.78, 5) is 0. The van der Waals surface area contributed by atoms with Crippen LogP contribution in [0.15, 0.2) is 91.1 Å². The van der Waals surface area contributed by atoms with Crippen molar-refractivity contribution in [2.45, 2.75) is 66.4 Å². The predicted octanol–water partition coefficient (Wildman–Crippen LogP) is 9.41. The average Bonchev–Trinajstić information content (AvgIpc) is 3.49. The molecule has 6 aromatic rings. The number of imidazole rings is 1. The zero-order valence-electron chi connectivity index (χ0n) is 26.1. The molecule has 0 saturated heterocycles. The number of ether oxygens (including phenoxy) is 1. The molecule has 0 atom stereocenters. The van der Waals surface area contributed by atoms with Gasteiger partial charge in [0.25, 0.3) is 5.82 Å². The second kappa shape index (κ2) is 10.8. The molecule has 0 amide bonds. The quantitative estimate of drug-likeness (QED) is 0.180. The first-order valence-electron chi connectivity index (χ1n) is 15.2. The lowest BCUT2D eigenvalue weighted by Crippen LogP contribution is -2.35. The second-order valence-electron chi connectivity index (χ2n) is 12.3. The number of nitrogens with zero attached hydrogens (tertiary/aromatic N) is 3. The van der Waals surface area contributed by atoms with Crippen molar-refractivity contribution in [3.05, 3.63) is 108 Å². The molecular weight excluding hydrogens is 514 g/mol. The van der Waals surface area contributed by atoms with Gasteiger partial charge in [0.05, 0.1) is 18.7 Å². The monoisotopic (exact) mass is 556 g/mol. The maximum absolute atomic E-state index is 6.30. The van der Waals surface area contributed by atoms with E-state index >= 15 is 0 Å². The lowest BCUT2D eigenvalue weighted by atomic mass is 9.88. The number of hydrogen-bond donors (Lipinski definition) is 0. The van der Waals surface area contributed by atoms with E-state index in [0.29, 0.717) is 11.8 Å². The number of para-hydroxylation sites is 2.